The highest BCUT2D eigenvalue weighted by Crippen LogP contribution is 2.23. The standard InChI is InChI=1S/C20H25N3O3/c1-14-5-3-4-6-18(14)22-19(24)13-26-20(25)16-7-9-17(10-8-16)23-15(2)11-12-21-23/h7-12,14,18H,3-6,13H2,1-2H3,(H,22,24)/t14-,18-/m0/s1. The van der Waals surface area contributed by atoms with Crippen LogP contribution in [0.4, 0.5) is 0 Å². The van der Waals surface area contributed by atoms with Crippen molar-refractivity contribution in [1.82, 2.24) is 15.1 Å². The molecule has 1 saturated carbocycles. The van der Waals surface area contributed by atoms with E-state index >= 15 is 0 Å². The zero-order chi connectivity index (χ0) is 18.5. The summed E-state index contributed by atoms with van der Waals surface area (Å²) in [6.07, 6.45) is 6.21. The largest absolute Gasteiger partial charge is 0.452 e. The highest BCUT2D eigenvalue weighted by molar-refractivity contribution is 5.91. The molecule has 6 heteroatoms. The Hall–Kier alpha value is -2.63. The first-order chi connectivity index (χ1) is 12.5. The van der Waals surface area contributed by atoms with E-state index < -0.39 is 5.97 Å². The van der Waals surface area contributed by atoms with Gasteiger partial charge in [-0.05, 0) is 56.0 Å². The van der Waals surface area contributed by atoms with Crippen LogP contribution in [0.1, 0.15) is 48.7 Å². The van der Waals surface area contributed by atoms with Crippen LogP contribution in [0.25, 0.3) is 5.69 Å². The number of hydrogen-bond donors (Lipinski definition) is 1. The highest BCUT2D eigenvalue weighted by Gasteiger charge is 2.23. The molecule has 0 radical (unpaired) electrons. The molecule has 3 rings (SSSR count). The van der Waals surface area contributed by atoms with E-state index in [0.29, 0.717) is 11.5 Å². The van der Waals surface area contributed by atoms with Gasteiger partial charge in [0.25, 0.3) is 5.91 Å². The highest BCUT2D eigenvalue weighted by atomic mass is 16.5. The van der Waals surface area contributed by atoms with Crippen molar-refractivity contribution in [2.75, 3.05) is 6.61 Å². The third-order valence-electron chi connectivity index (χ3n) is 4.97. The summed E-state index contributed by atoms with van der Waals surface area (Å²) in [4.78, 5) is 24.2. The number of benzene rings is 1. The van der Waals surface area contributed by atoms with Crippen molar-refractivity contribution < 1.29 is 14.3 Å². The Morgan fingerprint density at radius 1 is 1.19 bits per heavy atom. The van der Waals surface area contributed by atoms with Crippen LogP contribution in [0.3, 0.4) is 0 Å². The first-order valence-electron chi connectivity index (χ1n) is 9.12. The minimum atomic E-state index is -0.499. The molecule has 0 aliphatic heterocycles. The smallest absolute Gasteiger partial charge is 0.338 e. The van der Waals surface area contributed by atoms with E-state index in [9.17, 15) is 9.59 Å². The Kier molecular flexibility index (Phi) is 5.71. The van der Waals surface area contributed by atoms with Crippen LogP contribution < -0.4 is 5.32 Å². The summed E-state index contributed by atoms with van der Waals surface area (Å²) in [6, 6.07) is 9.07. The molecule has 6 nitrogen and oxygen atoms in total. The Morgan fingerprint density at radius 2 is 1.92 bits per heavy atom. The molecule has 1 aromatic carbocycles. The molecular weight excluding hydrogens is 330 g/mol. The monoisotopic (exact) mass is 355 g/mol. The second-order valence-corrected chi connectivity index (χ2v) is 6.94. The fraction of sp³-hybridized carbons (Fsp3) is 0.450. The van der Waals surface area contributed by atoms with E-state index in [1.807, 2.05) is 13.0 Å². The molecule has 0 unspecified atom stereocenters. The van der Waals surface area contributed by atoms with Crippen molar-refractivity contribution in [1.29, 1.82) is 0 Å². The predicted molar refractivity (Wildman–Crippen MR) is 98.1 cm³/mol. The summed E-state index contributed by atoms with van der Waals surface area (Å²) >= 11 is 0. The zero-order valence-electron chi connectivity index (χ0n) is 15.3. The van der Waals surface area contributed by atoms with E-state index in [-0.39, 0.29) is 18.6 Å². The van der Waals surface area contributed by atoms with E-state index in [4.69, 9.17) is 4.74 Å². The Labute approximate surface area is 153 Å². The molecule has 0 bridgehead atoms. The van der Waals surface area contributed by atoms with Crippen molar-refractivity contribution >= 4 is 11.9 Å². The van der Waals surface area contributed by atoms with Gasteiger partial charge in [-0.1, -0.05) is 19.8 Å². The molecule has 1 fully saturated rings. The van der Waals surface area contributed by atoms with Crippen LogP contribution in [-0.4, -0.2) is 34.3 Å². The minimum Gasteiger partial charge on any atom is -0.452 e. The van der Waals surface area contributed by atoms with Crippen molar-refractivity contribution in [2.45, 2.75) is 45.6 Å². The first-order valence-corrected chi connectivity index (χ1v) is 9.12. The maximum atomic E-state index is 12.1. The van der Waals surface area contributed by atoms with Crippen molar-refractivity contribution in [3.05, 3.63) is 47.8 Å². The lowest BCUT2D eigenvalue weighted by Gasteiger charge is -2.29. The van der Waals surface area contributed by atoms with Gasteiger partial charge < -0.3 is 10.1 Å². The van der Waals surface area contributed by atoms with Crippen LogP contribution in [0.2, 0.25) is 0 Å². The van der Waals surface area contributed by atoms with Gasteiger partial charge in [0, 0.05) is 17.9 Å². The first kappa shape index (κ1) is 18.2. The molecule has 2 atom stereocenters. The number of ether oxygens (including phenoxy) is 1. The molecule has 1 aliphatic rings. The number of aryl methyl sites for hydroxylation is 1. The Morgan fingerprint density at radius 3 is 2.58 bits per heavy atom. The molecule has 1 aliphatic carbocycles. The summed E-state index contributed by atoms with van der Waals surface area (Å²) in [5.74, 6) is -0.261. The van der Waals surface area contributed by atoms with Crippen molar-refractivity contribution in [3.63, 3.8) is 0 Å². The maximum Gasteiger partial charge on any atom is 0.338 e. The summed E-state index contributed by atoms with van der Waals surface area (Å²) in [6.45, 7) is 3.86. The number of nitrogens with one attached hydrogen (secondary N) is 1. The van der Waals surface area contributed by atoms with Gasteiger partial charge in [-0.2, -0.15) is 5.10 Å². The topological polar surface area (TPSA) is 73.2 Å². The second kappa shape index (κ2) is 8.17. The van der Waals surface area contributed by atoms with Crippen molar-refractivity contribution in [2.24, 2.45) is 5.92 Å². The molecule has 26 heavy (non-hydrogen) atoms. The van der Waals surface area contributed by atoms with Gasteiger partial charge in [-0.3, -0.25) is 4.79 Å². The third kappa shape index (κ3) is 4.31. The summed E-state index contributed by atoms with van der Waals surface area (Å²) in [5.41, 5.74) is 2.29. The van der Waals surface area contributed by atoms with E-state index in [1.165, 1.54) is 6.42 Å². The fourth-order valence-corrected chi connectivity index (χ4v) is 3.37. The van der Waals surface area contributed by atoms with Gasteiger partial charge in [-0.15, -0.1) is 0 Å². The maximum absolute atomic E-state index is 12.1. The van der Waals surface area contributed by atoms with Crippen LogP contribution in [0.5, 0.6) is 0 Å². The number of carbonyl (C=O) groups excluding carboxylic acids is 2. The zero-order valence-corrected chi connectivity index (χ0v) is 15.3. The molecule has 0 saturated heterocycles. The van der Waals surface area contributed by atoms with Gasteiger partial charge in [0.15, 0.2) is 6.61 Å². The number of rotatable bonds is 5. The normalized spacial score (nSPS) is 19.8. The average Bonchev–Trinajstić information content (AvgIpc) is 3.08. The average molecular weight is 355 g/mol. The number of hydrogen-bond acceptors (Lipinski definition) is 4. The molecule has 1 amide bonds. The lowest BCUT2D eigenvalue weighted by Crippen LogP contribution is -2.42. The van der Waals surface area contributed by atoms with Crippen LogP contribution in [0.15, 0.2) is 36.5 Å². The number of carbonyl (C=O) groups is 2. The second-order valence-electron chi connectivity index (χ2n) is 6.94. The van der Waals surface area contributed by atoms with Gasteiger partial charge in [0.05, 0.1) is 11.3 Å². The van der Waals surface area contributed by atoms with Crippen molar-refractivity contribution in [3.8, 4) is 5.69 Å². The van der Waals surface area contributed by atoms with Crippen LogP contribution in [-0.2, 0) is 9.53 Å². The van der Waals surface area contributed by atoms with Gasteiger partial charge in [-0.25, -0.2) is 9.48 Å². The molecular formula is C20H25N3O3. The number of aromatic nitrogens is 2. The third-order valence-corrected chi connectivity index (χ3v) is 4.97. The van der Waals surface area contributed by atoms with Gasteiger partial charge in [0.2, 0.25) is 0 Å². The molecule has 1 N–H and O–H groups in total. The number of nitrogens with zero attached hydrogens (tertiary/aromatic N) is 2. The van der Waals surface area contributed by atoms with Gasteiger partial charge >= 0.3 is 5.97 Å². The number of amides is 1. The Balaban J connectivity index is 1.51. The summed E-state index contributed by atoms with van der Waals surface area (Å²) in [5, 5.41) is 7.21. The van der Waals surface area contributed by atoms with E-state index in [2.05, 4.69) is 17.3 Å². The summed E-state index contributed by atoms with van der Waals surface area (Å²) < 4.78 is 6.93. The molecule has 1 heterocycles. The van der Waals surface area contributed by atoms with Crippen LogP contribution in [0, 0.1) is 12.8 Å². The SMILES string of the molecule is Cc1ccnn1-c1ccc(C(=O)OCC(=O)N[C@H]2CCCC[C@@H]2C)cc1. The Bertz CT molecular complexity index is 767. The van der Waals surface area contributed by atoms with E-state index in [1.54, 1.807) is 35.1 Å². The minimum absolute atomic E-state index is 0.187. The lowest BCUT2D eigenvalue weighted by atomic mass is 9.86. The molecule has 1 aromatic heterocycles. The van der Waals surface area contributed by atoms with Gasteiger partial charge in [0.1, 0.15) is 0 Å². The quantitative estimate of drug-likeness (QED) is 0.837. The molecule has 0 spiro atoms. The molecule has 2 aromatic rings. The van der Waals surface area contributed by atoms with E-state index in [0.717, 1.165) is 30.6 Å². The predicted octanol–water partition coefficient (Wildman–Crippen LogP) is 3.03. The lowest BCUT2D eigenvalue weighted by molar-refractivity contribution is -0.125. The molecule has 138 valence electrons. The number of esters is 1. The summed E-state index contributed by atoms with van der Waals surface area (Å²) in [7, 11) is 0. The fourth-order valence-electron chi connectivity index (χ4n) is 3.37. The van der Waals surface area contributed by atoms with Crippen LogP contribution >= 0.6 is 0 Å².